The van der Waals surface area contributed by atoms with Crippen molar-refractivity contribution in [1.29, 1.82) is 0 Å². The van der Waals surface area contributed by atoms with Gasteiger partial charge in [-0.2, -0.15) is 0 Å². The first-order chi connectivity index (χ1) is 7.46. The zero-order chi connectivity index (χ0) is 11.5. The van der Waals surface area contributed by atoms with E-state index in [4.69, 9.17) is 30.5 Å². The van der Waals surface area contributed by atoms with Gasteiger partial charge in [-0.3, -0.25) is 4.79 Å². The quantitative estimate of drug-likeness (QED) is 0.469. The lowest BCUT2D eigenvalue weighted by molar-refractivity contribution is -0.224. The molecule has 0 radical (unpaired) electrons. The first-order valence-electron chi connectivity index (χ1n) is 5.32. The number of rotatable bonds is 0. The Morgan fingerprint density at radius 3 is 2.81 bits per heavy atom. The fraction of sp³-hybridized carbons (Fsp3) is 0.900. The highest BCUT2D eigenvalue weighted by Gasteiger charge is 2.58. The van der Waals surface area contributed by atoms with Crippen molar-refractivity contribution in [2.24, 2.45) is 0 Å². The van der Waals surface area contributed by atoms with Crippen LogP contribution < -0.4 is 0 Å². The van der Waals surface area contributed by atoms with Crippen LogP contribution in [-0.2, 0) is 23.7 Å². The van der Waals surface area contributed by atoms with Crippen LogP contribution in [-0.4, -0.2) is 41.7 Å². The number of hydrogen-bond donors (Lipinski definition) is 0. The van der Waals surface area contributed by atoms with Crippen molar-refractivity contribution >= 4 is 17.6 Å². The maximum Gasteiger partial charge on any atom is 0.324 e. The molecule has 3 heterocycles. The lowest BCUT2D eigenvalue weighted by Crippen LogP contribution is -2.45. The Hall–Kier alpha value is -0.360. The van der Waals surface area contributed by atoms with E-state index in [-0.39, 0.29) is 12.2 Å². The van der Waals surface area contributed by atoms with Crippen molar-refractivity contribution in [3.63, 3.8) is 0 Å². The summed E-state index contributed by atoms with van der Waals surface area (Å²) in [5.41, 5.74) is 0. The van der Waals surface area contributed by atoms with Gasteiger partial charge in [0.2, 0.25) is 0 Å². The zero-order valence-electron chi connectivity index (χ0n) is 9.01. The summed E-state index contributed by atoms with van der Waals surface area (Å²) in [6, 6.07) is 0. The molecule has 0 spiro atoms. The summed E-state index contributed by atoms with van der Waals surface area (Å²) in [7, 11) is 0. The van der Waals surface area contributed by atoms with E-state index >= 15 is 0 Å². The van der Waals surface area contributed by atoms with E-state index in [1.165, 1.54) is 0 Å². The van der Waals surface area contributed by atoms with E-state index < -0.39 is 29.5 Å². The van der Waals surface area contributed by atoms with Gasteiger partial charge in [0.25, 0.3) is 0 Å². The summed E-state index contributed by atoms with van der Waals surface area (Å²) in [6.07, 6.45) is -0.959. The standard InChI is InChI=1S/C10H13ClO5/c1-10(2)15-7-6-5(13-9(7)16-10)3-4(11)8(12)14-6/h4-7,9H,3H2,1-2H3/t4-,5+,6+,7+,9+/m1/s1. The van der Waals surface area contributed by atoms with Crippen LogP contribution >= 0.6 is 11.6 Å². The minimum atomic E-state index is -0.690. The van der Waals surface area contributed by atoms with Crippen molar-refractivity contribution in [3.8, 4) is 0 Å². The van der Waals surface area contributed by atoms with E-state index in [0.717, 1.165) is 0 Å². The van der Waals surface area contributed by atoms with Crippen LogP contribution in [0.4, 0.5) is 0 Å². The lowest BCUT2D eigenvalue weighted by atomic mass is 10.0. The second kappa shape index (κ2) is 3.32. The molecule has 0 unspecified atom stereocenters. The molecular weight excluding hydrogens is 236 g/mol. The van der Waals surface area contributed by atoms with Gasteiger partial charge in [0.1, 0.15) is 11.5 Å². The number of carbonyl (C=O) groups is 1. The smallest absolute Gasteiger partial charge is 0.324 e. The van der Waals surface area contributed by atoms with Crippen LogP contribution in [0.1, 0.15) is 20.3 Å². The predicted molar refractivity (Wildman–Crippen MR) is 52.8 cm³/mol. The molecule has 0 aliphatic carbocycles. The van der Waals surface area contributed by atoms with Crippen LogP contribution in [0.5, 0.6) is 0 Å². The van der Waals surface area contributed by atoms with Crippen molar-refractivity contribution in [2.75, 3.05) is 0 Å². The number of alkyl halides is 1. The Bertz CT molecular complexity index is 331. The molecule has 0 aromatic rings. The molecule has 0 amide bonds. The maximum atomic E-state index is 11.4. The molecule has 3 fully saturated rings. The molecule has 3 aliphatic rings. The molecule has 3 aliphatic heterocycles. The predicted octanol–water partition coefficient (Wildman–Crippen LogP) is 0.786. The van der Waals surface area contributed by atoms with Crippen molar-refractivity contribution < 1.29 is 23.7 Å². The number of ether oxygens (including phenoxy) is 4. The first-order valence-corrected chi connectivity index (χ1v) is 5.75. The van der Waals surface area contributed by atoms with E-state index in [0.29, 0.717) is 6.42 Å². The third-order valence-corrected chi connectivity index (χ3v) is 3.39. The molecule has 90 valence electrons. The van der Waals surface area contributed by atoms with Crippen molar-refractivity contribution in [2.45, 2.75) is 56.0 Å². The summed E-state index contributed by atoms with van der Waals surface area (Å²) in [6.45, 7) is 3.61. The van der Waals surface area contributed by atoms with Crippen LogP contribution in [0.15, 0.2) is 0 Å². The van der Waals surface area contributed by atoms with Crippen molar-refractivity contribution in [1.82, 2.24) is 0 Å². The molecule has 0 saturated carbocycles. The molecule has 0 bridgehead atoms. The van der Waals surface area contributed by atoms with Crippen LogP contribution in [0, 0.1) is 0 Å². The van der Waals surface area contributed by atoms with Gasteiger partial charge in [-0.1, -0.05) is 0 Å². The number of esters is 1. The largest absolute Gasteiger partial charge is 0.455 e. The molecule has 0 N–H and O–H groups in total. The Morgan fingerprint density at radius 2 is 2.06 bits per heavy atom. The van der Waals surface area contributed by atoms with Gasteiger partial charge < -0.3 is 18.9 Å². The van der Waals surface area contributed by atoms with E-state index in [9.17, 15) is 4.79 Å². The van der Waals surface area contributed by atoms with Gasteiger partial charge in [-0.25, -0.2) is 0 Å². The average molecular weight is 249 g/mol. The first kappa shape index (κ1) is 10.8. The van der Waals surface area contributed by atoms with Crippen LogP contribution in [0.3, 0.4) is 0 Å². The van der Waals surface area contributed by atoms with Gasteiger partial charge in [0.15, 0.2) is 24.3 Å². The fourth-order valence-corrected chi connectivity index (χ4v) is 2.61. The summed E-state index contributed by atoms with van der Waals surface area (Å²) >= 11 is 5.81. The molecule has 0 aromatic heterocycles. The summed E-state index contributed by atoms with van der Waals surface area (Å²) < 4.78 is 22.1. The molecule has 6 heteroatoms. The number of carbonyl (C=O) groups excluding carboxylic acids is 1. The zero-order valence-corrected chi connectivity index (χ0v) is 9.77. The van der Waals surface area contributed by atoms with Crippen molar-refractivity contribution in [3.05, 3.63) is 0 Å². The van der Waals surface area contributed by atoms with Gasteiger partial charge in [0, 0.05) is 6.42 Å². The third kappa shape index (κ3) is 1.54. The molecular formula is C10H13ClO5. The lowest BCUT2D eigenvalue weighted by Gasteiger charge is -2.30. The van der Waals surface area contributed by atoms with Gasteiger partial charge in [0.05, 0.1) is 0 Å². The molecule has 16 heavy (non-hydrogen) atoms. The molecule has 3 rings (SSSR count). The normalized spacial score (nSPS) is 49.7. The monoisotopic (exact) mass is 248 g/mol. The minimum Gasteiger partial charge on any atom is -0.455 e. The van der Waals surface area contributed by atoms with E-state index in [1.54, 1.807) is 13.8 Å². The van der Waals surface area contributed by atoms with E-state index in [2.05, 4.69) is 0 Å². The number of fused-ring (bicyclic) bond motifs is 3. The minimum absolute atomic E-state index is 0.216. The Morgan fingerprint density at radius 1 is 1.31 bits per heavy atom. The third-order valence-electron chi connectivity index (χ3n) is 3.03. The molecule has 0 aromatic carbocycles. The molecule has 5 nitrogen and oxygen atoms in total. The Balaban J connectivity index is 1.79. The van der Waals surface area contributed by atoms with Gasteiger partial charge in [-0.15, -0.1) is 11.6 Å². The van der Waals surface area contributed by atoms with Gasteiger partial charge >= 0.3 is 5.97 Å². The maximum absolute atomic E-state index is 11.4. The highest BCUT2D eigenvalue weighted by Crippen LogP contribution is 2.42. The van der Waals surface area contributed by atoms with Crippen LogP contribution in [0.25, 0.3) is 0 Å². The highest BCUT2D eigenvalue weighted by molar-refractivity contribution is 6.30. The topological polar surface area (TPSA) is 54.0 Å². The average Bonchev–Trinajstić information content (AvgIpc) is 2.60. The number of halogens is 1. The number of hydrogen-bond acceptors (Lipinski definition) is 5. The summed E-state index contributed by atoms with van der Waals surface area (Å²) in [5.74, 6) is -1.09. The fourth-order valence-electron chi connectivity index (χ4n) is 2.39. The Labute approximate surface area is 97.9 Å². The molecule has 3 saturated heterocycles. The summed E-state index contributed by atoms with van der Waals surface area (Å²) in [5, 5.41) is -0.631. The second-order valence-electron chi connectivity index (χ2n) is 4.75. The van der Waals surface area contributed by atoms with Crippen LogP contribution in [0.2, 0.25) is 0 Å². The molecule has 5 atom stereocenters. The second-order valence-corrected chi connectivity index (χ2v) is 5.27. The highest BCUT2D eigenvalue weighted by atomic mass is 35.5. The SMILES string of the molecule is CC1(C)O[C@@H]2O[C@H]3C[C@@H](Cl)C(=O)O[C@@H]3[C@@H]2O1. The Kier molecular flexibility index (Phi) is 2.24. The van der Waals surface area contributed by atoms with Gasteiger partial charge in [-0.05, 0) is 13.8 Å². The van der Waals surface area contributed by atoms with E-state index in [1.807, 2.05) is 0 Å². The summed E-state index contributed by atoms with van der Waals surface area (Å²) in [4.78, 5) is 11.4.